The van der Waals surface area contributed by atoms with E-state index in [1.165, 1.54) is 4.90 Å². The van der Waals surface area contributed by atoms with Gasteiger partial charge in [0.25, 0.3) is 5.91 Å². The van der Waals surface area contributed by atoms with Gasteiger partial charge in [0.2, 0.25) is 11.8 Å². The highest BCUT2D eigenvalue weighted by atomic mass is 19.4. The number of nitrogen functional groups attached to an aromatic ring is 1. The minimum Gasteiger partial charge on any atom is -0.382 e. The molecule has 1 aliphatic carbocycles. The van der Waals surface area contributed by atoms with Crippen molar-refractivity contribution in [2.75, 3.05) is 18.8 Å². The second kappa shape index (κ2) is 10.6. The number of likely N-dealkylation sites (tertiary alicyclic amines) is 1. The zero-order valence-corrected chi connectivity index (χ0v) is 22.4. The fraction of sp³-hybridized carbons (Fsp3) is 0.500. The molecule has 5 rings (SSSR count). The van der Waals surface area contributed by atoms with Crippen LogP contribution in [-0.2, 0) is 17.1 Å². The highest BCUT2D eigenvalue weighted by Crippen LogP contribution is 2.40. The molecule has 3 aromatic heterocycles. The minimum atomic E-state index is -5.09. The van der Waals surface area contributed by atoms with E-state index in [9.17, 15) is 44.7 Å². The summed E-state index contributed by atoms with van der Waals surface area (Å²) in [7, 11) is 0. The molecule has 1 aliphatic heterocycles. The molecule has 2 aliphatic rings. The van der Waals surface area contributed by atoms with Crippen LogP contribution in [0.4, 0.5) is 40.9 Å². The smallest absolute Gasteiger partial charge is 0.382 e. The van der Waals surface area contributed by atoms with Crippen molar-refractivity contribution in [3.63, 3.8) is 0 Å². The van der Waals surface area contributed by atoms with Gasteiger partial charge in [-0.15, -0.1) is 0 Å². The normalized spacial score (nSPS) is 21.4. The molecule has 2 fully saturated rings. The van der Waals surface area contributed by atoms with E-state index in [-0.39, 0.29) is 43.1 Å². The number of alkyl halides is 8. The fourth-order valence-electron chi connectivity index (χ4n) is 5.62. The van der Waals surface area contributed by atoms with Crippen LogP contribution >= 0.6 is 0 Å². The number of fused-ring (bicyclic) bond motifs is 1. The first-order valence-corrected chi connectivity index (χ1v) is 13.2. The third kappa shape index (κ3) is 5.93. The lowest BCUT2D eigenvalue weighted by Gasteiger charge is -2.30. The van der Waals surface area contributed by atoms with Crippen molar-refractivity contribution in [3.05, 3.63) is 41.5 Å². The largest absolute Gasteiger partial charge is 0.434 e. The van der Waals surface area contributed by atoms with Gasteiger partial charge in [-0.1, -0.05) is 6.92 Å². The van der Waals surface area contributed by atoms with E-state index in [1.807, 2.05) is 0 Å². The maximum absolute atomic E-state index is 13.9. The summed E-state index contributed by atoms with van der Waals surface area (Å²) >= 11 is 0. The van der Waals surface area contributed by atoms with E-state index < -0.39 is 83.1 Å². The number of halogens is 8. The maximum atomic E-state index is 13.9. The van der Waals surface area contributed by atoms with Gasteiger partial charge < -0.3 is 16.0 Å². The highest BCUT2D eigenvalue weighted by molar-refractivity contribution is 5.97. The average molecular weight is 620 g/mol. The topological polar surface area (TPSA) is 119 Å². The molecule has 2 atom stereocenters. The number of nitrogens with two attached hydrogens (primary N) is 1. The van der Waals surface area contributed by atoms with E-state index in [0.717, 1.165) is 16.9 Å². The van der Waals surface area contributed by atoms with Crippen molar-refractivity contribution < 1.29 is 44.7 Å². The lowest BCUT2D eigenvalue weighted by atomic mass is 9.86. The number of aromatic nitrogens is 4. The monoisotopic (exact) mass is 619 g/mol. The number of rotatable bonds is 4. The number of hydrogen-bond acceptors (Lipinski definition) is 6. The Morgan fingerprint density at radius 1 is 1.02 bits per heavy atom. The van der Waals surface area contributed by atoms with E-state index >= 15 is 0 Å². The molecule has 1 saturated heterocycles. The van der Waals surface area contributed by atoms with Crippen LogP contribution in [0.3, 0.4) is 0 Å². The number of amides is 2. The summed E-state index contributed by atoms with van der Waals surface area (Å²) in [6, 6.07) is 0.594. The molecular formula is C26H25F8N7O2. The van der Waals surface area contributed by atoms with E-state index in [2.05, 4.69) is 20.4 Å². The van der Waals surface area contributed by atoms with E-state index in [0.29, 0.717) is 12.3 Å². The second-order valence-corrected chi connectivity index (χ2v) is 10.9. The number of nitrogens with one attached hydrogen (secondary N) is 1. The molecule has 3 aromatic rings. The predicted octanol–water partition coefficient (Wildman–Crippen LogP) is 4.81. The van der Waals surface area contributed by atoms with Gasteiger partial charge in [0.15, 0.2) is 11.5 Å². The Morgan fingerprint density at radius 2 is 1.70 bits per heavy atom. The molecule has 4 heterocycles. The average Bonchev–Trinajstić information content (AvgIpc) is 3.49. The molecule has 0 radical (unpaired) electrons. The molecule has 0 aromatic carbocycles. The summed E-state index contributed by atoms with van der Waals surface area (Å²) in [6.07, 6.45) is -9.31. The molecule has 232 valence electrons. The van der Waals surface area contributed by atoms with Crippen molar-refractivity contribution >= 4 is 23.1 Å². The lowest BCUT2D eigenvalue weighted by Crippen LogP contribution is -2.42. The molecule has 9 nitrogen and oxygen atoms in total. The first-order valence-electron chi connectivity index (χ1n) is 13.2. The molecular weight excluding hydrogens is 594 g/mol. The van der Waals surface area contributed by atoms with Crippen molar-refractivity contribution in [3.8, 4) is 11.3 Å². The quantitative estimate of drug-likeness (QED) is 0.405. The fourth-order valence-corrected chi connectivity index (χ4v) is 5.62. The first kappa shape index (κ1) is 30.4. The standard InChI is InChI=1S/C26H25F8N7O2/c1-12-9-40(23(43)13-2-4-24(27,28)5-3-13)10-17(12)39-22(42)15-6-14(8-36-20(15)26(32,33)34)18-7-16(25(29,30)31)19-21(35)37-11-38-41(18)19/h6-8,11-13,17H,2-5,9-10H2,1H3,(H,39,42)(H2,35,37,38)/t12-,17+/m0/s1. The summed E-state index contributed by atoms with van der Waals surface area (Å²) < 4.78 is 111. The molecule has 1 saturated carbocycles. The van der Waals surface area contributed by atoms with Gasteiger partial charge in [-0.25, -0.2) is 18.3 Å². The van der Waals surface area contributed by atoms with Crippen LogP contribution in [0.25, 0.3) is 16.8 Å². The molecule has 2 amide bonds. The summed E-state index contributed by atoms with van der Waals surface area (Å²) in [5, 5.41) is 6.25. The number of nitrogens with zero attached hydrogens (tertiary/aromatic N) is 5. The van der Waals surface area contributed by atoms with Crippen molar-refractivity contribution in [2.24, 2.45) is 11.8 Å². The summed E-state index contributed by atoms with van der Waals surface area (Å²) in [6.45, 7) is 1.77. The number of anilines is 1. The number of carbonyl (C=O) groups is 2. The van der Waals surface area contributed by atoms with Crippen molar-refractivity contribution in [1.82, 2.24) is 29.8 Å². The molecule has 0 bridgehead atoms. The van der Waals surface area contributed by atoms with Crippen LogP contribution in [0, 0.1) is 11.8 Å². The third-order valence-corrected chi connectivity index (χ3v) is 7.89. The molecule has 43 heavy (non-hydrogen) atoms. The Morgan fingerprint density at radius 3 is 2.33 bits per heavy atom. The lowest BCUT2D eigenvalue weighted by molar-refractivity contribution is -0.141. The molecule has 3 N–H and O–H groups in total. The third-order valence-electron chi connectivity index (χ3n) is 7.89. The zero-order valence-electron chi connectivity index (χ0n) is 22.4. The first-order chi connectivity index (χ1) is 20.0. The highest BCUT2D eigenvalue weighted by Gasteiger charge is 2.43. The predicted molar refractivity (Wildman–Crippen MR) is 135 cm³/mol. The molecule has 0 unspecified atom stereocenters. The Bertz CT molecular complexity index is 1560. The van der Waals surface area contributed by atoms with Gasteiger partial charge >= 0.3 is 12.4 Å². The van der Waals surface area contributed by atoms with E-state index in [4.69, 9.17) is 5.73 Å². The Hall–Kier alpha value is -4.05. The number of carbonyl (C=O) groups excluding carboxylic acids is 2. The van der Waals surface area contributed by atoms with Crippen LogP contribution in [0.2, 0.25) is 0 Å². The van der Waals surface area contributed by atoms with Crippen LogP contribution in [-0.4, -0.2) is 61.4 Å². The van der Waals surface area contributed by atoms with Crippen LogP contribution in [0.15, 0.2) is 24.7 Å². The van der Waals surface area contributed by atoms with Crippen LogP contribution < -0.4 is 11.1 Å². The minimum absolute atomic E-state index is 0.00217. The van der Waals surface area contributed by atoms with Gasteiger partial charge in [0, 0.05) is 43.6 Å². The van der Waals surface area contributed by atoms with Gasteiger partial charge in [0.1, 0.15) is 11.8 Å². The Labute approximate surface area is 238 Å². The summed E-state index contributed by atoms with van der Waals surface area (Å²) in [5.41, 5.74) is 0.631. The second-order valence-electron chi connectivity index (χ2n) is 10.9. The Balaban J connectivity index is 1.43. The van der Waals surface area contributed by atoms with Gasteiger partial charge in [0.05, 0.1) is 22.9 Å². The van der Waals surface area contributed by atoms with Gasteiger partial charge in [-0.3, -0.25) is 14.6 Å². The number of pyridine rings is 1. The van der Waals surface area contributed by atoms with Crippen molar-refractivity contribution in [2.45, 2.75) is 56.9 Å². The SMILES string of the molecule is C[C@H]1CN(C(=O)C2CCC(F)(F)CC2)C[C@H]1NC(=O)c1cc(-c2cc(C(F)(F)F)c3c(N)ncnn23)cnc1C(F)(F)F. The van der Waals surface area contributed by atoms with Crippen LogP contribution in [0.5, 0.6) is 0 Å². The number of hydrogen-bond donors (Lipinski definition) is 2. The summed E-state index contributed by atoms with van der Waals surface area (Å²) in [5.74, 6) is -5.94. The van der Waals surface area contributed by atoms with E-state index in [1.54, 1.807) is 6.92 Å². The van der Waals surface area contributed by atoms with Crippen LogP contribution in [0.1, 0.15) is 54.2 Å². The van der Waals surface area contributed by atoms with Gasteiger partial charge in [-0.2, -0.15) is 31.4 Å². The molecule has 17 heteroatoms. The van der Waals surface area contributed by atoms with Gasteiger partial charge in [-0.05, 0) is 30.9 Å². The summed E-state index contributed by atoms with van der Waals surface area (Å²) in [4.78, 5) is 34.5. The zero-order chi connectivity index (χ0) is 31.5. The van der Waals surface area contributed by atoms with Crippen molar-refractivity contribution in [1.29, 1.82) is 0 Å². The molecule has 0 spiro atoms. The Kier molecular flexibility index (Phi) is 7.49. The maximum Gasteiger partial charge on any atom is 0.434 e.